The Balaban J connectivity index is 1.08. The highest BCUT2D eigenvalue weighted by Crippen LogP contribution is 2.33. The van der Waals surface area contributed by atoms with Crippen molar-refractivity contribution in [1.29, 1.82) is 0 Å². The Hall–Kier alpha value is -5.96. The van der Waals surface area contributed by atoms with Gasteiger partial charge in [-0.3, -0.25) is 14.4 Å². The van der Waals surface area contributed by atoms with Gasteiger partial charge in [0, 0.05) is 92.7 Å². The fourth-order valence-corrected chi connectivity index (χ4v) is 10.7. The first-order valence-corrected chi connectivity index (χ1v) is 25.3. The highest BCUT2D eigenvalue weighted by Gasteiger charge is 2.31. The number of thiazole rings is 2. The molecule has 65 heavy (non-hydrogen) atoms. The lowest BCUT2D eigenvalue weighted by Crippen LogP contribution is -2.43. The van der Waals surface area contributed by atoms with E-state index in [2.05, 4.69) is 57.8 Å². The third-order valence-electron chi connectivity index (χ3n) is 11.5. The molecule has 6 N–H and O–H groups in total. The predicted molar refractivity (Wildman–Crippen MR) is 259 cm³/mol. The summed E-state index contributed by atoms with van der Waals surface area (Å²) in [5.41, 5.74) is 8.99. The first-order valence-electron chi connectivity index (χ1n) is 21.7. The van der Waals surface area contributed by atoms with Crippen LogP contribution >= 0.6 is 22.7 Å². The number of benzene rings is 2. The Kier molecular flexibility index (Phi) is 13.8. The molecule has 0 bridgehead atoms. The number of amides is 3. The average Bonchev–Trinajstić information content (AvgIpc) is 4.05. The molecule has 20 heteroatoms. The van der Waals surface area contributed by atoms with E-state index in [1.54, 1.807) is 23.7 Å². The standard InChI is InChI=1S/C45H54N12O5S3/c1-26(2)50-39-19-43(47-21-35(39)45(60)55-32-14-15-56(23-32)65(5,61)62)57(33-11-13-37-41(17-33)64-25-49-37)22-27(3)51-38-18-42(53-31-10-12-36-40(16-31)63-24-48-36)46-20-34(38)44(59)54-30-8-6-29(7-9-30)52-28(4)58/h10-13,16-21,24-27,29-30,32H,6-9,14-15,22-23H2,1-5H3,(H,47,50)(H,52,58)(H,54,59)(H,55,60)(H2,46,51,53)/t27?,29?,30?,32-/m0/s1. The molecule has 2 aliphatic rings. The zero-order valence-corrected chi connectivity index (χ0v) is 39.4. The van der Waals surface area contributed by atoms with Crippen LogP contribution in [0.15, 0.2) is 71.9 Å². The van der Waals surface area contributed by atoms with Crippen molar-refractivity contribution in [3.8, 4) is 0 Å². The van der Waals surface area contributed by atoms with Crippen LogP contribution in [0.3, 0.4) is 0 Å². The molecular formula is C45H54N12O5S3. The van der Waals surface area contributed by atoms with Gasteiger partial charge in [0.15, 0.2) is 0 Å². The van der Waals surface area contributed by atoms with Gasteiger partial charge in [-0.15, -0.1) is 22.7 Å². The second-order valence-electron chi connectivity index (χ2n) is 17.1. The molecule has 0 radical (unpaired) electrons. The number of sulfonamides is 1. The first kappa shape index (κ1) is 45.6. The van der Waals surface area contributed by atoms with Gasteiger partial charge in [0.25, 0.3) is 11.8 Å². The quantitative estimate of drug-likeness (QED) is 0.0587. The zero-order chi connectivity index (χ0) is 45.8. The number of rotatable bonds is 16. The van der Waals surface area contributed by atoms with Crippen LogP contribution in [0.5, 0.6) is 0 Å². The van der Waals surface area contributed by atoms with E-state index in [4.69, 9.17) is 4.98 Å². The van der Waals surface area contributed by atoms with Crippen LogP contribution in [0.4, 0.5) is 34.4 Å². The second kappa shape index (κ2) is 19.6. The van der Waals surface area contributed by atoms with E-state index in [0.29, 0.717) is 53.6 Å². The van der Waals surface area contributed by atoms with Gasteiger partial charge in [-0.25, -0.2) is 32.7 Å². The summed E-state index contributed by atoms with van der Waals surface area (Å²) in [7, 11) is -3.37. The Bertz CT molecular complexity index is 2810. The second-order valence-corrected chi connectivity index (χ2v) is 20.9. The topological polar surface area (TPSA) is 216 Å². The van der Waals surface area contributed by atoms with Gasteiger partial charge in [-0.1, -0.05) is 0 Å². The van der Waals surface area contributed by atoms with Crippen molar-refractivity contribution in [3.05, 3.63) is 83.1 Å². The highest BCUT2D eigenvalue weighted by atomic mass is 32.2. The lowest BCUT2D eigenvalue weighted by atomic mass is 9.91. The van der Waals surface area contributed by atoms with Gasteiger partial charge in [-0.05, 0) is 89.3 Å². The smallest absolute Gasteiger partial charge is 0.255 e. The maximum Gasteiger partial charge on any atom is 0.255 e. The number of carbonyl (C=O) groups excluding carboxylic acids is 3. The predicted octanol–water partition coefficient (Wildman–Crippen LogP) is 6.84. The van der Waals surface area contributed by atoms with Crippen LogP contribution in [0.25, 0.3) is 20.4 Å². The van der Waals surface area contributed by atoms with E-state index in [9.17, 15) is 22.8 Å². The molecule has 1 saturated carbocycles. The van der Waals surface area contributed by atoms with Crippen LogP contribution in [0, 0.1) is 0 Å². The van der Waals surface area contributed by atoms with Gasteiger partial charge >= 0.3 is 0 Å². The summed E-state index contributed by atoms with van der Waals surface area (Å²) in [6, 6.07) is 15.1. The first-order chi connectivity index (χ1) is 31.1. The molecular weight excluding hydrogens is 885 g/mol. The summed E-state index contributed by atoms with van der Waals surface area (Å²) in [6.07, 6.45) is 7.88. The third-order valence-corrected chi connectivity index (χ3v) is 14.4. The van der Waals surface area contributed by atoms with Gasteiger partial charge in [0.05, 0.1) is 60.2 Å². The summed E-state index contributed by atoms with van der Waals surface area (Å²) < 4.78 is 27.8. The number of anilines is 6. The number of nitrogens with one attached hydrogen (secondary N) is 6. The van der Waals surface area contributed by atoms with Gasteiger partial charge < -0.3 is 36.8 Å². The van der Waals surface area contributed by atoms with Crippen molar-refractivity contribution >= 4 is 105 Å². The van der Waals surface area contributed by atoms with Crippen molar-refractivity contribution in [2.24, 2.45) is 0 Å². The number of fused-ring (bicyclic) bond motifs is 2. The molecule has 1 aliphatic carbocycles. The van der Waals surface area contributed by atoms with Crippen LogP contribution in [0.2, 0.25) is 0 Å². The molecule has 3 amide bonds. The largest absolute Gasteiger partial charge is 0.382 e. The molecule has 0 spiro atoms. The molecule has 4 aromatic heterocycles. The van der Waals surface area contributed by atoms with E-state index < -0.39 is 10.0 Å². The lowest BCUT2D eigenvalue weighted by Gasteiger charge is -2.30. The minimum Gasteiger partial charge on any atom is -0.382 e. The van der Waals surface area contributed by atoms with Crippen molar-refractivity contribution in [2.75, 3.05) is 46.7 Å². The molecule has 342 valence electrons. The maximum atomic E-state index is 14.1. The van der Waals surface area contributed by atoms with Crippen molar-refractivity contribution in [3.63, 3.8) is 0 Å². The molecule has 17 nitrogen and oxygen atoms in total. The number of carbonyl (C=O) groups is 3. The summed E-state index contributed by atoms with van der Waals surface area (Å²) in [6.45, 7) is 8.48. The Morgan fingerprint density at radius 2 is 1.37 bits per heavy atom. The van der Waals surface area contributed by atoms with Gasteiger partial charge in [0.2, 0.25) is 15.9 Å². The van der Waals surface area contributed by atoms with Crippen molar-refractivity contribution < 1.29 is 22.8 Å². The Morgan fingerprint density at radius 3 is 2.02 bits per heavy atom. The van der Waals surface area contributed by atoms with Crippen molar-refractivity contribution in [2.45, 2.75) is 90.0 Å². The molecule has 1 saturated heterocycles. The van der Waals surface area contributed by atoms with E-state index in [1.807, 2.05) is 74.3 Å². The fraction of sp³-hybridized carbons (Fsp3) is 0.400. The average molecular weight is 939 g/mol. The van der Waals surface area contributed by atoms with Crippen LogP contribution in [0.1, 0.15) is 80.5 Å². The lowest BCUT2D eigenvalue weighted by molar-refractivity contribution is -0.119. The van der Waals surface area contributed by atoms with E-state index in [0.717, 1.165) is 57.5 Å². The fourth-order valence-electron chi connectivity index (χ4n) is 8.38. The van der Waals surface area contributed by atoms with Crippen LogP contribution in [-0.2, 0) is 14.8 Å². The van der Waals surface area contributed by atoms with Gasteiger partial charge in [0.1, 0.15) is 11.6 Å². The molecule has 2 atom stereocenters. The van der Waals surface area contributed by atoms with E-state index in [-0.39, 0.29) is 54.5 Å². The number of nitrogens with zero attached hydrogens (tertiary/aromatic N) is 6. The normalized spacial score (nSPS) is 18.3. The molecule has 1 unspecified atom stereocenters. The van der Waals surface area contributed by atoms with Crippen LogP contribution < -0.4 is 36.8 Å². The van der Waals surface area contributed by atoms with Gasteiger partial charge in [-0.2, -0.15) is 0 Å². The summed E-state index contributed by atoms with van der Waals surface area (Å²) in [5, 5.41) is 19.8. The SMILES string of the molecule is CC(=O)NC1CCC(NC(=O)c2cnc(Nc3ccc4ncsc4c3)cc2NC(C)CN(c2ccc3ncsc3c2)c2cc(NC(C)C)c(C(=O)N[C@H]3CCN(S(C)(=O)=O)C3)cn2)CC1. The maximum absolute atomic E-state index is 14.1. The number of hydrogen-bond donors (Lipinski definition) is 6. The molecule has 1 aliphatic heterocycles. The minimum atomic E-state index is -3.37. The third kappa shape index (κ3) is 11.3. The monoisotopic (exact) mass is 938 g/mol. The zero-order valence-electron chi connectivity index (χ0n) is 36.9. The molecule has 6 aromatic rings. The number of pyridine rings is 2. The molecule has 5 heterocycles. The summed E-state index contributed by atoms with van der Waals surface area (Å²) in [5.74, 6) is 0.480. The van der Waals surface area contributed by atoms with Crippen molar-refractivity contribution in [1.82, 2.24) is 40.2 Å². The summed E-state index contributed by atoms with van der Waals surface area (Å²) in [4.78, 5) is 60.1. The minimum absolute atomic E-state index is 0.0261. The summed E-state index contributed by atoms with van der Waals surface area (Å²) >= 11 is 3.09. The molecule has 8 rings (SSSR count). The molecule has 2 aromatic carbocycles. The van der Waals surface area contributed by atoms with E-state index >= 15 is 0 Å². The number of aromatic nitrogens is 4. The Morgan fingerprint density at radius 1 is 0.754 bits per heavy atom. The van der Waals surface area contributed by atoms with Crippen LogP contribution in [-0.4, -0.2) is 106 Å². The Labute approximate surface area is 386 Å². The highest BCUT2D eigenvalue weighted by molar-refractivity contribution is 7.88. The van der Waals surface area contributed by atoms with E-state index in [1.165, 1.54) is 28.8 Å². The molecule has 2 fully saturated rings. The number of hydrogen-bond acceptors (Lipinski definition) is 15.